The van der Waals surface area contributed by atoms with Gasteiger partial charge in [-0.1, -0.05) is 34.1 Å². The number of hydrogen-bond donors (Lipinski definition) is 3. The third-order valence-electron chi connectivity index (χ3n) is 4.33. The molecule has 0 spiro atoms. The lowest BCUT2D eigenvalue weighted by atomic mass is 9.96. The number of guanidine groups is 1. The molecule has 1 aromatic carbocycles. The molecule has 0 radical (unpaired) electrons. The summed E-state index contributed by atoms with van der Waals surface area (Å²) in [5, 5.41) is 6.66. The van der Waals surface area contributed by atoms with E-state index in [-0.39, 0.29) is 5.41 Å². The summed E-state index contributed by atoms with van der Waals surface area (Å²) < 4.78 is 26.7. The Labute approximate surface area is 165 Å². The Morgan fingerprint density at radius 1 is 1.27 bits per heavy atom. The van der Waals surface area contributed by atoms with E-state index in [1.807, 2.05) is 26.8 Å². The smallest absolute Gasteiger partial charge is 0.209 e. The molecule has 1 aliphatic carbocycles. The van der Waals surface area contributed by atoms with Crippen LogP contribution < -0.4 is 15.4 Å². The molecule has 146 valence electrons. The van der Waals surface area contributed by atoms with Crippen molar-refractivity contribution >= 4 is 31.9 Å². The second-order valence-electron chi connectivity index (χ2n) is 7.57. The summed E-state index contributed by atoms with van der Waals surface area (Å²) >= 11 is 3.66. The maximum Gasteiger partial charge on any atom is 0.209 e. The van der Waals surface area contributed by atoms with Crippen molar-refractivity contribution in [2.24, 2.45) is 4.99 Å². The average Bonchev–Trinajstić information content (AvgIpc) is 3.29. The molecule has 1 saturated carbocycles. The van der Waals surface area contributed by atoms with E-state index >= 15 is 0 Å². The lowest BCUT2D eigenvalue weighted by molar-refractivity contribution is 0.464. The summed E-state index contributed by atoms with van der Waals surface area (Å²) in [4.78, 5) is 4.57. The van der Waals surface area contributed by atoms with E-state index in [0.717, 1.165) is 36.7 Å². The van der Waals surface area contributed by atoms with Crippen LogP contribution in [-0.2, 0) is 15.4 Å². The number of halogens is 1. The number of hydrogen-bond acceptors (Lipinski definition) is 3. The molecule has 0 saturated heterocycles. The van der Waals surface area contributed by atoms with Crippen LogP contribution in [0.2, 0.25) is 0 Å². The Hall–Kier alpha value is -1.12. The van der Waals surface area contributed by atoms with Crippen LogP contribution in [0.3, 0.4) is 0 Å². The van der Waals surface area contributed by atoms with Gasteiger partial charge < -0.3 is 10.6 Å². The van der Waals surface area contributed by atoms with Gasteiger partial charge in [0.15, 0.2) is 5.96 Å². The van der Waals surface area contributed by atoms with Crippen molar-refractivity contribution < 1.29 is 8.42 Å². The van der Waals surface area contributed by atoms with E-state index in [2.05, 4.69) is 54.5 Å². The summed E-state index contributed by atoms with van der Waals surface area (Å²) in [5.74, 6) is 0.703. The lowest BCUT2D eigenvalue weighted by Crippen LogP contribution is -2.47. The zero-order valence-electron chi connectivity index (χ0n) is 15.9. The van der Waals surface area contributed by atoms with Crippen LogP contribution in [0.1, 0.15) is 39.2 Å². The maximum absolute atomic E-state index is 11.5. The van der Waals surface area contributed by atoms with Crippen molar-refractivity contribution in [3.8, 4) is 0 Å². The summed E-state index contributed by atoms with van der Waals surface area (Å²) in [6.07, 6.45) is 3.45. The van der Waals surface area contributed by atoms with Crippen molar-refractivity contribution in [2.45, 2.75) is 44.6 Å². The van der Waals surface area contributed by atoms with E-state index in [0.29, 0.717) is 12.5 Å². The summed E-state index contributed by atoms with van der Waals surface area (Å²) in [6.45, 7) is 7.54. The summed E-state index contributed by atoms with van der Waals surface area (Å²) in [5.41, 5.74) is 0.814. The molecule has 3 N–H and O–H groups in total. The van der Waals surface area contributed by atoms with E-state index in [4.69, 9.17) is 0 Å². The van der Waals surface area contributed by atoms with Gasteiger partial charge in [0.2, 0.25) is 10.0 Å². The molecule has 1 aliphatic rings. The minimum Gasteiger partial charge on any atom is -0.357 e. The SMILES string of the molecule is CCNC(=NCC(C)(C)NS(C)(=O)=O)NCC1(c2ccccc2Br)CC1. The van der Waals surface area contributed by atoms with E-state index in [9.17, 15) is 8.42 Å². The Kier molecular flexibility index (Phi) is 6.74. The highest BCUT2D eigenvalue weighted by molar-refractivity contribution is 9.10. The molecule has 2 rings (SSSR count). The number of rotatable bonds is 8. The minimum absolute atomic E-state index is 0.136. The Balaban J connectivity index is 2.03. The zero-order valence-corrected chi connectivity index (χ0v) is 18.3. The molecule has 0 atom stereocenters. The normalized spacial score (nSPS) is 17.0. The molecule has 8 heteroatoms. The van der Waals surface area contributed by atoms with E-state index < -0.39 is 15.6 Å². The number of nitrogens with one attached hydrogen (secondary N) is 3. The minimum atomic E-state index is -3.27. The molecule has 0 heterocycles. The molecule has 0 bridgehead atoms. The molecule has 0 aromatic heterocycles. The molecular weight excluding hydrogens is 416 g/mol. The first-order chi connectivity index (χ1) is 12.1. The molecule has 6 nitrogen and oxygen atoms in total. The highest BCUT2D eigenvalue weighted by Gasteiger charge is 2.45. The predicted octanol–water partition coefficient (Wildman–Crippen LogP) is 2.36. The predicted molar refractivity (Wildman–Crippen MR) is 111 cm³/mol. The molecule has 0 amide bonds. The van der Waals surface area contributed by atoms with Crippen molar-refractivity contribution in [3.05, 3.63) is 34.3 Å². The maximum atomic E-state index is 11.5. The van der Waals surface area contributed by atoms with Gasteiger partial charge in [-0.05, 0) is 45.2 Å². The first-order valence-electron chi connectivity index (χ1n) is 8.83. The fraction of sp³-hybridized carbons (Fsp3) is 0.611. The van der Waals surface area contributed by atoms with Crippen LogP contribution in [0.25, 0.3) is 0 Å². The average molecular weight is 445 g/mol. The number of aliphatic imine (C=N–C) groups is 1. The monoisotopic (exact) mass is 444 g/mol. The van der Waals surface area contributed by atoms with Gasteiger partial charge in [0.05, 0.1) is 12.8 Å². The van der Waals surface area contributed by atoms with E-state index in [1.54, 1.807) is 0 Å². The fourth-order valence-electron chi connectivity index (χ4n) is 2.99. The zero-order chi connectivity index (χ0) is 19.4. The van der Waals surface area contributed by atoms with Gasteiger partial charge in [0, 0.05) is 28.5 Å². The Morgan fingerprint density at radius 3 is 2.46 bits per heavy atom. The van der Waals surface area contributed by atoms with Gasteiger partial charge in [-0.15, -0.1) is 0 Å². The quantitative estimate of drug-likeness (QED) is 0.424. The molecule has 0 unspecified atom stereocenters. The van der Waals surface area contributed by atoms with Gasteiger partial charge in [-0.2, -0.15) is 0 Å². The van der Waals surface area contributed by atoms with Crippen LogP contribution in [-0.4, -0.2) is 45.8 Å². The third-order valence-corrected chi connectivity index (χ3v) is 5.95. The van der Waals surface area contributed by atoms with Gasteiger partial charge in [0.25, 0.3) is 0 Å². The molecule has 1 fully saturated rings. The molecular formula is C18H29BrN4O2S. The second-order valence-corrected chi connectivity index (χ2v) is 10.2. The molecule has 1 aromatic rings. The van der Waals surface area contributed by atoms with Crippen molar-refractivity contribution in [2.75, 3.05) is 25.9 Å². The second kappa shape index (κ2) is 8.27. The number of sulfonamides is 1. The van der Waals surface area contributed by atoms with Crippen LogP contribution >= 0.6 is 15.9 Å². The third kappa shape index (κ3) is 6.25. The lowest BCUT2D eigenvalue weighted by Gasteiger charge is -2.24. The van der Waals surface area contributed by atoms with Gasteiger partial charge >= 0.3 is 0 Å². The number of nitrogens with zero attached hydrogens (tertiary/aromatic N) is 1. The standard InChI is InChI=1S/C18H29BrN4O2S/c1-5-20-16(21-12-17(2,3)23-26(4,24)25)22-13-18(10-11-18)14-8-6-7-9-15(14)19/h6-9,23H,5,10-13H2,1-4H3,(H2,20,21,22). The van der Waals surface area contributed by atoms with Crippen molar-refractivity contribution in [3.63, 3.8) is 0 Å². The first kappa shape index (κ1) is 21.2. The first-order valence-corrected chi connectivity index (χ1v) is 11.5. The highest BCUT2D eigenvalue weighted by Crippen LogP contribution is 2.49. The van der Waals surface area contributed by atoms with E-state index in [1.165, 1.54) is 5.56 Å². The Morgan fingerprint density at radius 2 is 1.92 bits per heavy atom. The summed E-state index contributed by atoms with van der Waals surface area (Å²) in [7, 11) is -3.27. The Bertz CT molecular complexity index is 758. The van der Waals surface area contributed by atoms with Crippen LogP contribution in [0, 0.1) is 0 Å². The van der Waals surface area contributed by atoms with Crippen molar-refractivity contribution in [1.29, 1.82) is 0 Å². The molecule has 0 aliphatic heterocycles. The van der Waals surface area contributed by atoms with Crippen LogP contribution in [0.15, 0.2) is 33.7 Å². The molecule has 26 heavy (non-hydrogen) atoms. The van der Waals surface area contributed by atoms with Crippen LogP contribution in [0.4, 0.5) is 0 Å². The van der Waals surface area contributed by atoms with Gasteiger partial charge in [-0.3, -0.25) is 4.99 Å². The topological polar surface area (TPSA) is 82.6 Å². The van der Waals surface area contributed by atoms with Crippen LogP contribution in [0.5, 0.6) is 0 Å². The largest absolute Gasteiger partial charge is 0.357 e. The number of benzene rings is 1. The van der Waals surface area contributed by atoms with Crippen molar-refractivity contribution in [1.82, 2.24) is 15.4 Å². The summed E-state index contributed by atoms with van der Waals surface area (Å²) in [6, 6.07) is 8.34. The fourth-order valence-corrected chi connectivity index (χ4v) is 4.76. The van der Waals surface area contributed by atoms with Gasteiger partial charge in [-0.25, -0.2) is 13.1 Å². The van der Waals surface area contributed by atoms with Gasteiger partial charge in [0.1, 0.15) is 0 Å². The highest BCUT2D eigenvalue weighted by atomic mass is 79.9.